The normalized spacial score (nSPS) is 11.0. The van der Waals surface area contributed by atoms with Gasteiger partial charge in [0.1, 0.15) is 23.4 Å². The molecule has 2 aromatic heterocycles. The minimum absolute atomic E-state index is 0.155. The Kier molecular flexibility index (Phi) is 5.93. The van der Waals surface area contributed by atoms with E-state index >= 15 is 0 Å². The molecule has 0 aliphatic carbocycles. The lowest BCUT2D eigenvalue weighted by molar-refractivity contribution is -0.113. The van der Waals surface area contributed by atoms with E-state index in [2.05, 4.69) is 24.3 Å². The number of hydrogen-bond donors (Lipinski definition) is 1. The fourth-order valence-corrected chi connectivity index (χ4v) is 3.90. The van der Waals surface area contributed by atoms with Crippen LogP contribution in [-0.4, -0.2) is 35.2 Å². The molecule has 148 valence electrons. The van der Waals surface area contributed by atoms with Crippen LogP contribution in [0.2, 0.25) is 5.02 Å². The van der Waals surface area contributed by atoms with Gasteiger partial charge in [0.2, 0.25) is 5.91 Å². The van der Waals surface area contributed by atoms with Gasteiger partial charge in [-0.3, -0.25) is 4.79 Å². The summed E-state index contributed by atoms with van der Waals surface area (Å²) in [4.78, 5) is 12.3. The molecule has 0 saturated carbocycles. The van der Waals surface area contributed by atoms with E-state index in [4.69, 9.17) is 16.3 Å². The Labute approximate surface area is 179 Å². The van der Waals surface area contributed by atoms with Gasteiger partial charge in [0.05, 0.1) is 23.2 Å². The maximum absolute atomic E-state index is 12.3. The second kappa shape index (κ2) is 8.76. The molecule has 8 nitrogen and oxygen atoms in total. The number of aromatic nitrogens is 5. The molecule has 11 heteroatoms. The number of anilines is 1. The van der Waals surface area contributed by atoms with Crippen LogP contribution < -0.4 is 10.1 Å². The molecule has 0 saturated heterocycles. The first kappa shape index (κ1) is 19.6. The lowest BCUT2D eigenvalue weighted by atomic mass is 10.2. The largest absolute Gasteiger partial charge is 0.486 e. The van der Waals surface area contributed by atoms with E-state index in [-0.39, 0.29) is 18.3 Å². The van der Waals surface area contributed by atoms with E-state index in [1.54, 1.807) is 34.9 Å². The van der Waals surface area contributed by atoms with Crippen LogP contribution in [0.3, 0.4) is 0 Å². The highest BCUT2D eigenvalue weighted by atomic mass is 35.5. The van der Waals surface area contributed by atoms with Crippen molar-refractivity contribution < 1.29 is 9.53 Å². The van der Waals surface area contributed by atoms with Crippen molar-refractivity contribution >= 4 is 57.7 Å². The zero-order valence-corrected chi connectivity index (χ0v) is 17.6. The molecule has 0 unspecified atom stereocenters. The number of ether oxygens (including phenoxy) is 1. The van der Waals surface area contributed by atoms with Crippen LogP contribution in [0.15, 0.2) is 47.6 Å². The molecule has 0 bridgehead atoms. The lowest BCUT2D eigenvalue weighted by Crippen LogP contribution is -2.15. The third kappa shape index (κ3) is 4.66. The maximum atomic E-state index is 12.3. The Hall–Kier alpha value is -2.69. The molecule has 0 atom stereocenters. The number of nitrogens with zero attached hydrogens (tertiary/aromatic N) is 5. The molecular formula is C18H15ClN6O2S2. The van der Waals surface area contributed by atoms with Gasteiger partial charge in [-0.15, -0.1) is 10.2 Å². The quantitative estimate of drug-likeness (QED) is 0.431. The number of carbonyl (C=O) groups excluding carboxylic acids is 1. The van der Waals surface area contributed by atoms with Crippen molar-refractivity contribution in [2.75, 3.05) is 11.1 Å². The maximum Gasteiger partial charge on any atom is 0.234 e. The van der Waals surface area contributed by atoms with Crippen LogP contribution in [-0.2, 0) is 18.4 Å². The summed E-state index contributed by atoms with van der Waals surface area (Å²) in [5.41, 5.74) is 2.10. The van der Waals surface area contributed by atoms with Crippen LogP contribution in [0, 0.1) is 0 Å². The molecule has 1 amide bonds. The number of hydrogen-bond acceptors (Lipinski definition) is 8. The van der Waals surface area contributed by atoms with Crippen molar-refractivity contribution in [3.63, 3.8) is 0 Å². The average Bonchev–Trinajstić information content (AvgIpc) is 3.33. The number of thioether (sulfide) groups is 1. The number of rotatable bonds is 7. The molecule has 0 aliphatic rings. The summed E-state index contributed by atoms with van der Waals surface area (Å²) in [5.74, 6) is 1.38. The van der Waals surface area contributed by atoms with Crippen LogP contribution in [0.1, 0.15) is 5.82 Å². The van der Waals surface area contributed by atoms with Crippen molar-refractivity contribution in [3.8, 4) is 5.75 Å². The Balaban J connectivity index is 1.33. The zero-order chi connectivity index (χ0) is 20.2. The molecule has 0 spiro atoms. The van der Waals surface area contributed by atoms with Crippen LogP contribution in [0.5, 0.6) is 5.75 Å². The molecule has 4 aromatic rings. The number of amides is 1. The second-order valence-electron chi connectivity index (χ2n) is 5.97. The van der Waals surface area contributed by atoms with E-state index in [1.807, 2.05) is 19.2 Å². The van der Waals surface area contributed by atoms with E-state index in [1.165, 1.54) is 11.8 Å². The smallest absolute Gasteiger partial charge is 0.234 e. The Morgan fingerprint density at radius 3 is 2.86 bits per heavy atom. The number of halogens is 1. The van der Waals surface area contributed by atoms with Gasteiger partial charge in [-0.2, -0.15) is 8.75 Å². The van der Waals surface area contributed by atoms with Gasteiger partial charge in [-0.1, -0.05) is 29.4 Å². The molecular weight excluding hydrogens is 432 g/mol. The van der Waals surface area contributed by atoms with E-state index in [9.17, 15) is 4.79 Å². The summed E-state index contributed by atoms with van der Waals surface area (Å²) in [5, 5.41) is 12.4. The minimum atomic E-state index is -0.155. The number of benzene rings is 2. The first-order valence-corrected chi connectivity index (χ1v) is 10.6. The van der Waals surface area contributed by atoms with Crippen molar-refractivity contribution in [1.82, 2.24) is 23.5 Å². The third-order valence-electron chi connectivity index (χ3n) is 4.00. The summed E-state index contributed by atoms with van der Waals surface area (Å²) < 4.78 is 15.9. The Morgan fingerprint density at radius 1 is 1.21 bits per heavy atom. The van der Waals surface area contributed by atoms with Crippen molar-refractivity contribution in [1.29, 1.82) is 0 Å². The average molecular weight is 447 g/mol. The Bertz CT molecular complexity index is 1140. The first-order chi connectivity index (χ1) is 14.1. The number of carbonyl (C=O) groups is 1. The molecule has 2 heterocycles. The lowest BCUT2D eigenvalue weighted by Gasteiger charge is -2.07. The van der Waals surface area contributed by atoms with Crippen molar-refractivity contribution in [3.05, 3.63) is 53.3 Å². The van der Waals surface area contributed by atoms with Crippen LogP contribution >= 0.6 is 35.1 Å². The van der Waals surface area contributed by atoms with Crippen LogP contribution in [0.25, 0.3) is 11.0 Å². The highest BCUT2D eigenvalue weighted by molar-refractivity contribution is 7.99. The third-order valence-corrected chi connectivity index (χ3v) is 5.81. The van der Waals surface area contributed by atoms with Gasteiger partial charge in [0.25, 0.3) is 0 Å². The first-order valence-electron chi connectivity index (χ1n) is 8.51. The zero-order valence-electron chi connectivity index (χ0n) is 15.2. The molecule has 29 heavy (non-hydrogen) atoms. The molecule has 4 rings (SSSR count). The molecule has 0 radical (unpaired) electrons. The molecule has 1 N–H and O–H groups in total. The second-order valence-corrected chi connectivity index (χ2v) is 7.88. The Morgan fingerprint density at radius 2 is 2.03 bits per heavy atom. The van der Waals surface area contributed by atoms with Gasteiger partial charge in [0, 0.05) is 12.1 Å². The molecule has 2 aromatic carbocycles. The number of fused-ring (bicyclic) bond motifs is 1. The minimum Gasteiger partial charge on any atom is -0.486 e. The fourth-order valence-electron chi connectivity index (χ4n) is 2.50. The predicted octanol–water partition coefficient (Wildman–Crippen LogP) is 3.78. The highest BCUT2D eigenvalue weighted by Gasteiger charge is 2.13. The van der Waals surface area contributed by atoms with E-state index < -0.39 is 0 Å². The van der Waals surface area contributed by atoms with E-state index in [0.29, 0.717) is 33.0 Å². The molecule has 0 aliphatic heterocycles. The van der Waals surface area contributed by atoms with Crippen LogP contribution in [0.4, 0.5) is 5.69 Å². The number of nitrogens with one attached hydrogen (secondary N) is 1. The standard InChI is InChI=1S/C18H15ClN6O2S2/c1-25-15(9-27-12-7-5-11(19)6-8-12)21-22-18(25)28-10-16(26)20-13-3-2-4-14-17(13)24-29-23-14/h2-8H,9-10H2,1H3,(H,20,26). The van der Waals surface area contributed by atoms with Gasteiger partial charge in [-0.05, 0) is 36.4 Å². The highest BCUT2D eigenvalue weighted by Crippen LogP contribution is 2.22. The summed E-state index contributed by atoms with van der Waals surface area (Å²) >= 11 is 8.28. The van der Waals surface area contributed by atoms with Gasteiger partial charge in [0.15, 0.2) is 11.0 Å². The van der Waals surface area contributed by atoms with E-state index in [0.717, 1.165) is 17.2 Å². The van der Waals surface area contributed by atoms with Gasteiger partial charge in [-0.25, -0.2) is 0 Å². The van der Waals surface area contributed by atoms with Crippen molar-refractivity contribution in [2.45, 2.75) is 11.8 Å². The summed E-state index contributed by atoms with van der Waals surface area (Å²) in [6.07, 6.45) is 0. The molecule has 0 fully saturated rings. The summed E-state index contributed by atoms with van der Waals surface area (Å²) in [7, 11) is 1.84. The van der Waals surface area contributed by atoms with Gasteiger partial charge < -0.3 is 14.6 Å². The fraction of sp³-hybridized carbons (Fsp3) is 0.167. The predicted molar refractivity (Wildman–Crippen MR) is 114 cm³/mol. The van der Waals surface area contributed by atoms with Crippen molar-refractivity contribution in [2.24, 2.45) is 7.05 Å². The summed E-state index contributed by atoms with van der Waals surface area (Å²) in [6.45, 7) is 0.261. The van der Waals surface area contributed by atoms with Gasteiger partial charge >= 0.3 is 0 Å². The topological polar surface area (TPSA) is 94.8 Å². The monoisotopic (exact) mass is 446 g/mol. The summed E-state index contributed by atoms with van der Waals surface area (Å²) in [6, 6.07) is 12.6. The SMILES string of the molecule is Cn1c(COc2ccc(Cl)cc2)nnc1SCC(=O)Nc1cccc2nsnc12.